The lowest BCUT2D eigenvalue weighted by Gasteiger charge is -2.42. The van der Waals surface area contributed by atoms with Crippen LogP contribution in [0, 0.1) is 0 Å². The van der Waals surface area contributed by atoms with Crippen LogP contribution in [0.5, 0.6) is 0 Å². The van der Waals surface area contributed by atoms with Crippen LogP contribution in [0.4, 0.5) is 10.5 Å². The molecule has 0 saturated carbocycles. The number of anilines is 1. The van der Waals surface area contributed by atoms with E-state index in [4.69, 9.17) is 0 Å². The van der Waals surface area contributed by atoms with Gasteiger partial charge in [0, 0.05) is 24.8 Å². The molecule has 2 unspecified atom stereocenters. The second-order valence-corrected chi connectivity index (χ2v) is 5.49. The molecular weight excluding hydrogens is 226 g/mol. The van der Waals surface area contributed by atoms with Crippen molar-refractivity contribution in [3.63, 3.8) is 0 Å². The fourth-order valence-corrected chi connectivity index (χ4v) is 3.16. The fraction of sp³-hybridized carbons (Fsp3) is 0.500. The first kappa shape index (κ1) is 11.5. The highest BCUT2D eigenvalue weighted by molar-refractivity contribution is 5.90. The molecular formula is C14H19N3O. The second-order valence-electron chi connectivity index (χ2n) is 5.49. The number of carbonyl (C=O) groups excluding carboxylic acids is 1. The summed E-state index contributed by atoms with van der Waals surface area (Å²) in [5.74, 6) is 0. The zero-order chi connectivity index (χ0) is 12.6. The molecule has 3 rings (SSSR count). The summed E-state index contributed by atoms with van der Waals surface area (Å²) in [4.78, 5) is 14.5. The molecule has 2 atom stereocenters. The SMILES string of the molecule is CC12CCC(CNC1)N2C(=O)Nc1ccccc1. The minimum atomic E-state index is -0.0260. The Labute approximate surface area is 107 Å². The number of benzene rings is 1. The lowest BCUT2D eigenvalue weighted by Crippen LogP contribution is -2.61. The maximum absolute atomic E-state index is 12.4. The average molecular weight is 245 g/mol. The molecule has 0 aliphatic carbocycles. The van der Waals surface area contributed by atoms with Crippen LogP contribution in [0.1, 0.15) is 19.8 Å². The number of nitrogens with zero attached hydrogens (tertiary/aromatic N) is 1. The number of hydrogen-bond acceptors (Lipinski definition) is 2. The largest absolute Gasteiger partial charge is 0.322 e. The van der Waals surface area contributed by atoms with Gasteiger partial charge in [0.05, 0.1) is 5.54 Å². The van der Waals surface area contributed by atoms with E-state index in [1.165, 1.54) is 0 Å². The molecule has 0 radical (unpaired) electrons. The number of piperazine rings is 1. The normalized spacial score (nSPS) is 30.3. The first-order valence-electron chi connectivity index (χ1n) is 6.55. The van der Waals surface area contributed by atoms with Crippen LogP contribution in [-0.4, -0.2) is 35.6 Å². The summed E-state index contributed by atoms with van der Waals surface area (Å²) in [7, 11) is 0. The number of fused-ring (bicyclic) bond motifs is 2. The minimum absolute atomic E-state index is 0.0260. The molecule has 2 saturated heterocycles. The number of rotatable bonds is 1. The molecule has 1 aromatic rings. The predicted octanol–water partition coefficient (Wildman–Crippen LogP) is 2.04. The summed E-state index contributed by atoms with van der Waals surface area (Å²) in [5, 5.41) is 6.41. The van der Waals surface area contributed by atoms with Crippen LogP contribution >= 0.6 is 0 Å². The third-order valence-corrected chi connectivity index (χ3v) is 4.09. The van der Waals surface area contributed by atoms with Gasteiger partial charge < -0.3 is 15.5 Å². The van der Waals surface area contributed by atoms with E-state index in [0.717, 1.165) is 31.6 Å². The van der Waals surface area contributed by atoms with Gasteiger partial charge >= 0.3 is 6.03 Å². The molecule has 0 spiro atoms. The Bertz CT molecular complexity index is 444. The van der Waals surface area contributed by atoms with Crippen LogP contribution in [-0.2, 0) is 0 Å². The maximum Gasteiger partial charge on any atom is 0.322 e. The van der Waals surface area contributed by atoms with Gasteiger partial charge in [0.25, 0.3) is 0 Å². The van der Waals surface area contributed by atoms with Gasteiger partial charge in [0.2, 0.25) is 0 Å². The van der Waals surface area contributed by atoms with Crippen molar-refractivity contribution in [3.05, 3.63) is 30.3 Å². The Hall–Kier alpha value is -1.55. The minimum Gasteiger partial charge on any atom is -0.314 e. The van der Waals surface area contributed by atoms with E-state index < -0.39 is 0 Å². The molecule has 96 valence electrons. The molecule has 2 fully saturated rings. The van der Waals surface area contributed by atoms with Gasteiger partial charge in [0.15, 0.2) is 0 Å². The van der Waals surface area contributed by atoms with Gasteiger partial charge in [-0.25, -0.2) is 4.79 Å². The van der Waals surface area contributed by atoms with E-state index in [-0.39, 0.29) is 11.6 Å². The monoisotopic (exact) mass is 245 g/mol. The van der Waals surface area contributed by atoms with Gasteiger partial charge in [-0.3, -0.25) is 0 Å². The van der Waals surface area contributed by atoms with Crippen molar-refractivity contribution in [2.24, 2.45) is 0 Å². The van der Waals surface area contributed by atoms with E-state index in [1.54, 1.807) is 0 Å². The molecule has 2 amide bonds. The molecule has 2 bridgehead atoms. The van der Waals surface area contributed by atoms with Crippen molar-refractivity contribution in [2.75, 3.05) is 18.4 Å². The molecule has 2 aliphatic rings. The van der Waals surface area contributed by atoms with E-state index in [9.17, 15) is 4.79 Å². The van der Waals surface area contributed by atoms with Crippen LogP contribution < -0.4 is 10.6 Å². The predicted molar refractivity (Wildman–Crippen MR) is 71.6 cm³/mol. The van der Waals surface area contributed by atoms with Gasteiger partial charge in [-0.2, -0.15) is 0 Å². The van der Waals surface area contributed by atoms with Gasteiger partial charge in [-0.1, -0.05) is 18.2 Å². The lowest BCUT2D eigenvalue weighted by molar-refractivity contribution is 0.116. The molecule has 4 nitrogen and oxygen atoms in total. The third kappa shape index (κ3) is 1.86. The standard InChI is InChI=1S/C14H19N3O/c1-14-8-7-12(9-15-10-14)17(14)13(18)16-11-5-3-2-4-6-11/h2-6,12,15H,7-10H2,1H3,(H,16,18). The maximum atomic E-state index is 12.4. The quantitative estimate of drug-likeness (QED) is 0.795. The number of para-hydroxylation sites is 1. The first-order chi connectivity index (χ1) is 8.69. The summed E-state index contributed by atoms with van der Waals surface area (Å²) in [6.45, 7) is 3.98. The van der Waals surface area contributed by atoms with Crippen molar-refractivity contribution in [1.29, 1.82) is 0 Å². The first-order valence-corrected chi connectivity index (χ1v) is 6.55. The zero-order valence-electron chi connectivity index (χ0n) is 10.6. The Morgan fingerprint density at radius 3 is 2.94 bits per heavy atom. The lowest BCUT2D eigenvalue weighted by atomic mass is 9.99. The van der Waals surface area contributed by atoms with Crippen LogP contribution in [0.25, 0.3) is 0 Å². The van der Waals surface area contributed by atoms with E-state index in [1.807, 2.05) is 35.2 Å². The summed E-state index contributed by atoms with van der Waals surface area (Å²) < 4.78 is 0. The summed E-state index contributed by atoms with van der Waals surface area (Å²) >= 11 is 0. The van der Waals surface area contributed by atoms with Crippen molar-refractivity contribution in [1.82, 2.24) is 10.2 Å². The van der Waals surface area contributed by atoms with Crippen LogP contribution in [0.15, 0.2) is 30.3 Å². The van der Waals surface area contributed by atoms with Gasteiger partial charge in [0.1, 0.15) is 0 Å². The van der Waals surface area contributed by atoms with Crippen molar-refractivity contribution < 1.29 is 4.79 Å². The Kier molecular flexibility index (Phi) is 2.74. The molecule has 2 heterocycles. The van der Waals surface area contributed by atoms with Gasteiger partial charge in [-0.05, 0) is 31.9 Å². The number of hydrogen-bond donors (Lipinski definition) is 2. The topological polar surface area (TPSA) is 44.4 Å². The molecule has 18 heavy (non-hydrogen) atoms. The zero-order valence-corrected chi connectivity index (χ0v) is 10.6. The van der Waals surface area contributed by atoms with Crippen molar-refractivity contribution in [2.45, 2.75) is 31.3 Å². The van der Waals surface area contributed by atoms with Crippen LogP contribution in [0.3, 0.4) is 0 Å². The number of urea groups is 1. The summed E-state index contributed by atoms with van der Waals surface area (Å²) in [5.41, 5.74) is 0.839. The highest BCUT2D eigenvalue weighted by Gasteiger charge is 2.48. The number of nitrogens with one attached hydrogen (secondary N) is 2. The average Bonchev–Trinajstić information content (AvgIpc) is 2.56. The van der Waals surface area contributed by atoms with E-state index >= 15 is 0 Å². The molecule has 0 aromatic heterocycles. The van der Waals surface area contributed by atoms with Crippen molar-refractivity contribution in [3.8, 4) is 0 Å². The Balaban J connectivity index is 1.77. The highest BCUT2D eigenvalue weighted by atomic mass is 16.2. The van der Waals surface area contributed by atoms with E-state index in [0.29, 0.717) is 6.04 Å². The van der Waals surface area contributed by atoms with Crippen molar-refractivity contribution >= 4 is 11.7 Å². The third-order valence-electron chi connectivity index (χ3n) is 4.09. The molecule has 2 aliphatic heterocycles. The number of carbonyl (C=O) groups is 1. The van der Waals surface area contributed by atoms with Crippen LogP contribution in [0.2, 0.25) is 0 Å². The van der Waals surface area contributed by atoms with Gasteiger partial charge in [-0.15, -0.1) is 0 Å². The molecule has 1 aromatic carbocycles. The Morgan fingerprint density at radius 1 is 1.44 bits per heavy atom. The van der Waals surface area contributed by atoms with E-state index in [2.05, 4.69) is 17.6 Å². The molecule has 2 N–H and O–H groups in total. The second kappa shape index (κ2) is 4.28. The summed E-state index contributed by atoms with van der Waals surface area (Å²) in [6, 6.07) is 10.0. The number of amides is 2. The molecule has 4 heteroatoms. The highest BCUT2D eigenvalue weighted by Crippen LogP contribution is 2.36. The Morgan fingerprint density at radius 2 is 2.22 bits per heavy atom. The summed E-state index contributed by atoms with van der Waals surface area (Å²) in [6.07, 6.45) is 2.19. The smallest absolute Gasteiger partial charge is 0.314 e. The fourth-order valence-electron chi connectivity index (χ4n) is 3.16.